The van der Waals surface area contributed by atoms with E-state index in [1.54, 1.807) is 6.20 Å². The quantitative estimate of drug-likeness (QED) is 0.924. The molecular formula is C17H20N2O2. The van der Waals surface area contributed by atoms with E-state index in [0.29, 0.717) is 17.3 Å². The predicted octanol–water partition coefficient (Wildman–Crippen LogP) is 4.06. The van der Waals surface area contributed by atoms with Crippen LogP contribution in [0.25, 0.3) is 11.3 Å². The van der Waals surface area contributed by atoms with Gasteiger partial charge in [-0.1, -0.05) is 43.5 Å². The number of hydrogen-bond donors (Lipinski definition) is 1. The number of aryl methyl sites for hydroxylation is 1. The standard InChI is InChI=1S/C17H20N2O2/c1-12-7-5-6-10-14(12)16-15(17(20)21)11-19(18-16)13-8-3-2-4-9-13/h5-7,10-11,13H,2-4,8-9H2,1H3,(H,20,21). The fourth-order valence-corrected chi connectivity index (χ4v) is 3.12. The van der Waals surface area contributed by atoms with E-state index >= 15 is 0 Å². The topological polar surface area (TPSA) is 55.1 Å². The van der Waals surface area contributed by atoms with Crippen molar-refractivity contribution >= 4 is 5.97 Å². The third-order valence-corrected chi connectivity index (χ3v) is 4.31. The second kappa shape index (κ2) is 5.72. The molecule has 1 N–H and O–H groups in total. The molecule has 1 heterocycles. The van der Waals surface area contributed by atoms with Gasteiger partial charge in [-0.2, -0.15) is 5.10 Å². The number of rotatable bonds is 3. The van der Waals surface area contributed by atoms with Crippen molar-refractivity contribution in [3.63, 3.8) is 0 Å². The fourth-order valence-electron chi connectivity index (χ4n) is 3.12. The van der Waals surface area contributed by atoms with E-state index in [1.807, 2.05) is 35.9 Å². The summed E-state index contributed by atoms with van der Waals surface area (Å²) in [6.07, 6.45) is 7.56. The van der Waals surface area contributed by atoms with Crippen LogP contribution in [0.5, 0.6) is 0 Å². The second-order valence-corrected chi connectivity index (χ2v) is 5.78. The molecule has 0 radical (unpaired) electrons. The number of carbonyl (C=O) groups is 1. The van der Waals surface area contributed by atoms with Crippen LogP contribution in [-0.4, -0.2) is 20.9 Å². The first-order valence-corrected chi connectivity index (χ1v) is 7.55. The van der Waals surface area contributed by atoms with E-state index in [0.717, 1.165) is 24.0 Å². The van der Waals surface area contributed by atoms with Gasteiger partial charge in [0, 0.05) is 11.8 Å². The normalized spacial score (nSPS) is 16.0. The molecule has 0 bridgehead atoms. The van der Waals surface area contributed by atoms with Crippen LogP contribution in [0.1, 0.15) is 54.1 Å². The number of aromatic carboxylic acids is 1. The van der Waals surface area contributed by atoms with Crippen LogP contribution in [0.2, 0.25) is 0 Å². The van der Waals surface area contributed by atoms with Gasteiger partial charge in [0.1, 0.15) is 11.3 Å². The lowest BCUT2D eigenvalue weighted by molar-refractivity contribution is 0.0697. The molecule has 1 aromatic carbocycles. The Morgan fingerprint density at radius 1 is 1.24 bits per heavy atom. The smallest absolute Gasteiger partial charge is 0.339 e. The molecular weight excluding hydrogens is 264 g/mol. The second-order valence-electron chi connectivity index (χ2n) is 5.78. The van der Waals surface area contributed by atoms with E-state index in [4.69, 9.17) is 0 Å². The lowest BCUT2D eigenvalue weighted by Crippen LogP contribution is -2.13. The molecule has 1 fully saturated rings. The van der Waals surface area contributed by atoms with Gasteiger partial charge in [-0.3, -0.25) is 4.68 Å². The highest BCUT2D eigenvalue weighted by atomic mass is 16.4. The summed E-state index contributed by atoms with van der Waals surface area (Å²) >= 11 is 0. The molecule has 110 valence electrons. The van der Waals surface area contributed by atoms with Gasteiger partial charge in [-0.25, -0.2) is 4.79 Å². The average Bonchev–Trinajstić information content (AvgIpc) is 2.94. The van der Waals surface area contributed by atoms with E-state index < -0.39 is 5.97 Å². The highest BCUT2D eigenvalue weighted by Gasteiger charge is 2.22. The third-order valence-electron chi connectivity index (χ3n) is 4.31. The van der Waals surface area contributed by atoms with Gasteiger partial charge in [-0.15, -0.1) is 0 Å². The van der Waals surface area contributed by atoms with Crippen molar-refractivity contribution in [1.82, 2.24) is 9.78 Å². The van der Waals surface area contributed by atoms with Gasteiger partial charge < -0.3 is 5.11 Å². The SMILES string of the molecule is Cc1ccccc1-c1nn(C2CCCCC2)cc1C(=O)O. The van der Waals surface area contributed by atoms with Gasteiger partial charge in [0.15, 0.2) is 0 Å². The largest absolute Gasteiger partial charge is 0.478 e. The number of aromatic nitrogens is 2. The highest BCUT2D eigenvalue weighted by molar-refractivity contribution is 5.95. The van der Waals surface area contributed by atoms with Crippen LogP contribution in [-0.2, 0) is 0 Å². The Bertz CT molecular complexity index is 655. The maximum absolute atomic E-state index is 11.5. The first-order valence-electron chi connectivity index (χ1n) is 7.55. The number of hydrogen-bond acceptors (Lipinski definition) is 2. The highest BCUT2D eigenvalue weighted by Crippen LogP contribution is 2.31. The molecule has 21 heavy (non-hydrogen) atoms. The molecule has 4 nitrogen and oxygen atoms in total. The van der Waals surface area contributed by atoms with E-state index in [9.17, 15) is 9.90 Å². The average molecular weight is 284 g/mol. The number of benzene rings is 1. The fraction of sp³-hybridized carbons (Fsp3) is 0.412. The van der Waals surface area contributed by atoms with Crippen molar-refractivity contribution in [2.75, 3.05) is 0 Å². The lowest BCUT2D eigenvalue weighted by atomic mass is 9.96. The summed E-state index contributed by atoms with van der Waals surface area (Å²) in [5.41, 5.74) is 2.85. The molecule has 0 amide bonds. The summed E-state index contributed by atoms with van der Waals surface area (Å²) < 4.78 is 1.88. The minimum absolute atomic E-state index is 0.301. The van der Waals surface area contributed by atoms with Crippen molar-refractivity contribution in [3.05, 3.63) is 41.6 Å². The molecule has 0 saturated heterocycles. The molecule has 1 aliphatic carbocycles. The van der Waals surface area contributed by atoms with Crippen molar-refractivity contribution in [3.8, 4) is 11.3 Å². The van der Waals surface area contributed by atoms with Crippen LogP contribution in [0.4, 0.5) is 0 Å². The molecule has 0 aliphatic heterocycles. The Morgan fingerprint density at radius 2 is 1.95 bits per heavy atom. The molecule has 1 aromatic heterocycles. The monoisotopic (exact) mass is 284 g/mol. The zero-order valence-electron chi connectivity index (χ0n) is 12.2. The van der Waals surface area contributed by atoms with E-state index in [-0.39, 0.29) is 0 Å². The molecule has 4 heteroatoms. The van der Waals surface area contributed by atoms with Crippen molar-refractivity contribution in [1.29, 1.82) is 0 Å². The maximum Gasteiger partial charge on any atom is 0.339 e. The first-order chi connectivity index (χ1) is 10.2. The molecule has 0 atom stereocenters. The maximum atomic E-state index is 11.5. The zero-order chi connectivity index (χ0) is 14.8. The summed E-state index contributed by atoms with van der Waals surface area (Å²) in [6.45, 7) is 1.99. The minimum Gasteiger partial charge on any atom is -0.478 e. The van der Waals surface area contributed by atoms with Gasteiger partial charge in [0.05, 0.1) is 6.04 Å². The molecule has 1 saturated carbocycles. The Morgan fingerprint density at radius 3 is 2.62 bits per heavy atom. The van der Waals surface area contributed by atoms with Crippen LogP contribution < -0.4 is 0 Å². The van der Waals surface area contributed by atoms with Gasteiger partial charge in [0.2, 0.25) is 0 Å². The molecule has 1 aliphatic rings. The summed E-state index contributed by atoms with van der Waals surface area (Å²) in [4.78, 5) is 11.5. The van der Waals surface area contributed by atoms with Gasteiger partial charge >= 0.3 is 5.97 Å². The van der Waals surface area contributed by atoms with E-state index in [2.05, 4.69) is 5.10 Å². The van der Waals surface area contributed by atoms with Crippen molar-refractivity contribution < 1.29 is 9.90 Å². The van der Waals surface area contributed by atoms with Crippen LogP contribution >= 0.6 is 0 Å². The third kappa shape index (κ3) is 2.71. The Labute approximate surface area is 124 Å². The van der Waals surface area contributed by atoms with Crippen LogP contribution in [0.3, 0.4) is 0 Å². The first kappa shape index (κ1) is 13.9. The van der Waals surface area contributed by atoms with Gasteiger partial charge in [0.25, 0.3) is 0 Å². The molecule has 3 rings (SSSR count). The van der Waals surface area contributed by atoms with Gasteiger partial charge in [-0.05, 0) is 25.3 Å². The molecule has 0 unspecified atom stereocenters. The number of carboxylic acid groups (broad SMARTS) is 1. The van der Waals surface area contributed by atoms with Crippen molar-refractivity contribution in [2.45, 2.75) is 45.1 Å². The zero-order valence-corrected chi connectivity index (χ0v) is 12.2. The minimum atomic E-state index is -0.907. The Hall–Kier alpha value is -2.10. The number of nitrogens with zero attached hydrogens (tertiary/aromatic N) is 2. The van der Waals surface area contributed by atoms with E-state index in [1.165, 1.54) is 19.3 Å². The lowest BCUT2D eigenvalue weighted by Gasteiger charge is -2.21. The summed E-state index contributed by atoms with van der Waals surface area (Å²) in [5, 5.41) is 14.1. The molecule has 0 spiro atoms. The molecule has 2 aromatic rings. The predicted molar refractivity (Wildman–Crippen MR) is 81.5 cm³/mol. The Balaban J connectivity index is 2.05. The number of carboxylic acids is 1. The Kier molecular flexibility index (Phi) is 3.78. The van der Waals surface area contributed by atoms with Crippen LogP contribution in [0, 0.1) is 6.92 Å². The summed E-state index contributed by atoms with van der Waals surface area (Å²) in [6, 6.07) is 8.15. The van der Waals surface area contributed by atoms with Crippen molar-refractivity contribution in [2.24, 2.45) is 0 Å². The van der Waals surface area contributed by atoms with Crippen LogP contribution in [0.15, 0.2) is 30.5 Å². The summed E-state index contributed by atoms with van der Waals surface area (Å²) in [5.74, 6) is -0.907. The summed E-state index contributed by atoms with van der Waals surface area (Å²) in [7, 11) is 0.